The van der Waals surface area contributed by atoms with Gasteiger partial charge in [0.15, 0.2) is 0 Å². The van der Waals surface area contributed by atoms with Gasteiger partial charge in [0.25, 0.3) is 0 Å². The highest BCUT2D eigenvalue weighted by Crippen LogP contribution is 2.47. The number of carbonyl (C=O) groups excluding carboxylic acids is 1. The van der Waals surface area contributed by atoms with Gasteiger partial charge in [-0.1, -0.05) is 29.3 Å². The Balaban J connectivity index is 1.86. The third-order valence-corrected chi connectivity index (χ3v) is 6.01. The Morgan fingerprint density at radius 3 is 2.60 bits per heavy atom. The van der Waals surface area contributed by atoms with E-state index < -0.39 is 5.60 Å². The molecule has 1 amide bonds. The quantitative estimate of drug-likeness (QED) is 0.790. The third kappa shape index (κ3) is 3.76. The first-order valence-electron chi connectivity index (χ1n) is 8.78. The summed E-state index contributed by atoms with van der Waals surface area (Å²) in [6.45, 7) is 5.65. The fourth-order valence-corrected chi connectivity index (χ4v) is 4.58. The normalized spacial score (nSPS) is 29.0. The summed E-state index contributed by atoms with van der Waals surface area (Å²) in [4.78, 5) is 14.5. The van der Waals surface area contributed by atoms with Gasteiger partial charge in [0, 0.05) is 24.6 Å². The van der Waals surface area contributed by atoms with Crippen LogP contribution in [0.3, 0.4) is 0 Å². The number of hydrogen-bond acceptors (Lipinski definition) is 3. The monoisotopic (exact) mass is 385 g/mol. The molecule has 1 aromatic rings. The molecule has 1 N–H and O–H groups in total. The van der Waals surface area contributed by atoms with Crippen molar-refractivity contribution in [3.05, 3.63) is 33.8 Å². The molecule has 3 rings (SSSR count). The summed E-state index contributed by atoms with van der Waals surface area (Å²) in [7, 11) is 0. The van der Waals surface area contributed by atoms with Crippen molar-refractivity contribution in [3.8, 4) is 0 Å². The maximum atomic E-state index is 12.7. The summed E-state index contributed by atoms with van der Waals surface area (Å²) in [5, 5.41) is 11.1. The molecule has 0 spiro atoms. The minimum atomic E-state index is -0.522. The molecule has 4 atom stereocenters. The highest BCUT2D eigenvalue weighted by atomic mass is 35.5. The zero-order chi connectivity index (χ0) is 18.4. The van der Waals surface area contributed by atoms with E-state index in [2.05, 4.69) is 0 Å². The minimum absolute atomic E-state index is 0.00180. The number of hydrogen-bond donors (Lipinski definition) is 1. The molecule has 2 saturated heterocycles. The van der Waals surface area contributed by atoms with Crippen LogP contribution in [-0.4, -0.2) is 40.4 Å². The molecule has 0 aromatic heterocycles. The molecule has 138 valence electrons. The second kappa shape index (κ2) is 6.98. The van der Waals surface area contributed by atoms with E-state index in [1.54, 1.807) is 6.07 Å². The molecule has 1 unspecified atom stereocenters. The number of benzene rings is 1. The number of fused-ring (bicyclic) bond motifs is 2. The van der Waals surface area contributed by atoms with Crippen molar-refractivity contribution >= 4 is 29.3 Å². The molecule has 0 aliphatic carbocycles. The number of amides is 1. The van der Waals surface area contributed by atoms with E-state index in [9.17, 15) is 9.90 Å². The zero-order valence-corrected chi connectivity index (χ0v) is 16.3. The van der Waals surface area contributed by atoms with Gasteiger partial charge < -0.3 is 14.7 Å². The number of halogens is 2. The Labute approximate surface area is 159 Å². The van der Waals surface area contributed by atoms with Gasteiger partial charge in [0.05, 0.1) is 10.0 Å². The summed E-state index contributed by atoms with van der Waals surface area (Å²) in [5.41, 5.74) is 0.556. The minimum Gasteiger partial charge on any atom is -0.444 e. The molecule has 2 heterocycles. The molecule has 25 heavy (non-hydrogen) atoms. The molecule has 2 aliphatic heterocycles. The van der Waals surface area contributed by atoms with E-state index in [-0.39, 0.29) is 36.6 Å². The average molecular weight is 386 g/mol. The van der Waals surface area contributed by atoms with E-state index in [4.69, 9.17) is 27.9 Å². The molecule has 4 nitrogen and oxygen atoms in total. The van der Waals surface area contributed by atoms with E-state index in [0.29, 0.717) is 10.0 Å². The van der Waals surface area contributed by atoms with Crippen LogP contribution >= 0.6 is 23.2 Å². The van der Waals surface area contributed by atoms with Gasteiger partial charge in [0.1, 0.15) is 5.60 Å². The molecular formula is C19H25Cl2NO3. The lowest BCUT2D eigenvalue weighted by Crippen LogP contribution is -2.53. The Hall–Kier alpha value is -0.970. The molecule has 0 saturated carbocycles. The van der Waals surface area contributed by atoms with Crippen LogP contribution in [0.2, 0.25) is 10.0 Å². The van der Waals surface area contributed by atoms with Crippen molar-refractivity contribution in [1.29, 1.82) is 0 Å². The predicted octanol–water partition coefficient (Wildman–Crippen LogP) is 4.86. The van der Waals surface area contributed by atoms with Gasteiger partial charge >= 0.3 is 6.09 Å². The largest absolute Gasteiger partial charge is 0.444 e. The molecule has 6 heteroatoms. The van der Waals surface area contributed by atoms with Gasteiger partial charge in [-0.25, -0.2) is 4.79 Å². The van der Waals surface area contributed by atoms with Crippen LogP contribution in [0, 0.1) is 5.92 Å². The van der Waals surface area contributed by atoms with Gasteiger partial charge in [-0.2, -0.15) is 0 Å². The predicted molar refractivity (Wildman–Crippen MR) is 99.3 cm³/mol. The smallest absolute Gasteiger partial charge is 0.410 e. The number of aliphatic hydroxyl groups excluding tert-OH is 1. The SMILES string of the molecule is CC(C)(C)OC(=O)N1C2CC[C@@H]1[C@H](CO)[C@@H](c1ccc(Cl)c(Cl)c1)C2. The highest BCUT2D eigenvalue weighted by molar-refractivity contribution is 6.42. The number of rotatable bonds is 2. The van der Waals surface area contributed by atoms with Crippen molar-refractivity contribution in [2.45, 2.75) is 63.6 Å². The molecule has 1 aromatic carbocycles. The Kier molecular flexibility index (Phi) is 5.25. The Bertz CT molecular complexity index is 659. The van der Waals surface area contributed by atoms with Gasteiger partial charge in [-0.15, -0.1) is 0 Å². The van der Waals surface area contributed by atoms with Crippen molar-refractivity contribution in [3.63, 3.8) is 0 Å². The van der Waals surface area contributed by atoms with Gasteiger partial charge in [-0.3, -0.25) is 0 Å². The van der Waals surface area contributed by atoms with E-state index >= 15 is 0 Å². The first kappa shape index (κ1) is 18.8. The molecular weight excluding hydrogens is 361 g/mol. The molecule has 2 aliphatic rings. The zero-order valence-electron chi connectivity index (χ0n) is 14.8. The molecule has 2 bridgehead atoms. The number of ether oxygens (including phenoxy) is 1. The molecule has 0 radical (unpaired) electrons. The second-order valence-electron chi connectivity index (χ2n) is 8.05. The van der Waals surface area contributed by atoms with Crippen LogP contribution in [0.5, 0.6) is 0 Å². The van der Waals surface area contributed by atoms with Crippen LogP contribution in [0.4, 0.5) is 4.79 Å². The summed E-state index contributed by atoms with van der Waals surface area (Å²) in [6.07, 6.45) is 2.37. The number of nitrogens with zero attached hydrogens (tertiary/aromatic N) is 1. The second-order valence-corrected chi connectivity index (χ2v) is 8.86. The van der Waals surface area contributed by atoms with Crippen LogP contribution in [-0.2, 0) is 4.74 Å². The number of piperidine rings is 1. The van der Waals surface area contributed by atoms with E-state index in [1.165, 1.54) is 0 Å². The van der Waals surface area contributed by atoms with Crippen LogP contribution in [0.1, 0.15) is 51.5 Å². The van der Waals surface area contributed by atoms with Crippen LogP contribution in [0.25, 0.3) is 0 Å². The maximum absolute atomic E-state index is 12.7. The van der Waals surface area contributed by atoms with Crippen molar-refractivity contribution in [2.24, 2.45) is 5.92 Å². The maximum Gasteiger partial charge on any atom is 0.410 e. The van der Waals surface area contributed by atoms with Crippen molar-refractivity contribution in [1.82, 2.24) is 4.90 Å². The number of aliphatic hydroxyl groups is 1. The lowest BCUT2D eigenvalue weighted by Gasteiger charge is -2.44. The summed E-state index contributed by atoms with van der Waals surface area (Å²) < 4.78 is 5.59. The van der Waals surface area contributed by atoms with Crippen LogP contribution in [0.15, 0.2) is 18.2 Å². The first-order chi connectivity index (χ1) is 11.7. The standard InChI is InChI=1S/C19H25Cl2NO3/c1-19(2,3)25-18(24)22-12-5-7-17(22)14(10-23)13(9-12)11-4-6-15(20)16(21)8-11/h4,6,8,12-14,17,23H,5,7,9-10H2,1-3H3/t12?,13-,14-,17-/m1/s1. The Morgan fingerprint density at radius 2 is 2.00 bits per heavy atom. The topological polar surface area (TPSA) is 49.8 Å². The lowest BCUT2D eigenvalue weighted by atomic mass is 9.76. The summed E-state index contributed by atoms with van der Waals surface area (Å²) in [6, 6.07) is 5.81. The van der Waals surface area contributed by atoms with Gasteiger partial charge in [-0.05, 0) is 63.6 Å². The first-order valence-corrected chi connectivity index (χ1v) is 9.54. The molecule has 2 fully saturated rings. The van der Waals surface area contributed by atoms with E-state index in [0.717, 1.165) is 24.8 Å². The van der Waals surface area contributed by atoms with Crippen LogP contribution < -0.4 is 0 Å². The fourth-order valence-electron chi connectivity index (χ4n) is 4.27. The Morgan fingerprint density at radius 1 is 1.28 bits per heavy atom. The average Bonchev–Trinajstić information content (AvgIpc) is 2.83. The third-order valence-electron chi connectivity index (χ3n) is 5.27. The lowest BCUT2D eigenvalue weighted by molar-refractivity contribution is -0.0123. The van der Waals surface area contributed by atoms with Gasteiger partial charge in [0.2, 0.25) is 0 Å². The highest BCUT2D eigenvalue weighted by Gasteiger charge is 2.50. The summed E-state index contributed by atoms with van der Waals surface area (Å²) >= 11 is 12.2. The number of carbonyl (C=O) groups is 1. The van der Waals surface area contributed by atoms with Crippen molar-refractivity contribution < 1.29 is 14.6 Å². The fraction of sp³-hybridized carbons (Fsp3) is 0.632. The summed E-state index contributed by atoms with van der Waals surface area (Å²) in [5.74, 6) is 0.138. The van der Waals surface area contributed by atoms with Crippen molar-refractivity contribution in [2.75, 3.05) is 6.61 Å². The van der Waals surface area contributed by atoms with E-state index in [1.807, 2.05) is 37.8 Å².